The van der Waals surface area contributed by atoms with Gasteiger partial charge in [0, 0.05) is 24.5 Å². The standard InChI is InChI=1S/C14H15FN2O3S/c1-9(18)13-7-12(17(19)20)14(21-13)16(2)8-10-4-3-5-11(15)6-10/h3-7,9,18H,8H2,1-2H3. The van der Waals surface area contributed by atoms with Crippen LogP contribution in [0.5, 0.6) is 0 Å². The lowest BCUT2D eigenvalue weighted by molar-refractivity contribution is -0.383. The fourth-order valence-corrected chi connectivity index (χ4v) is 3.00. The third-order valence-electron chi connectivity index (χ3n) is 2.98. The molecule has 0 aliphatic rings. The van der Waals surface area contributed by atoms with Gasteiger partial charge >= 0.3 is 5.69 Å². The summed E-state index contributed by atoms with van der Waals surface area (Å²) in [4.78, 5) is 12.9. The van der Waals surface area contributed by atoms with Gasteiger partial charge in [0.25, 0.3) is 0 Å². The summed E-state index contributed by atoms with van der Waals surface area (Å²) < 4.78 is 13.2. The van der Waals surface area contributed by atoms with Gasteiger partial charge < -0.3 is 10.0 Å². The van der Waals surface area contributed by atoms with Crippen LogP contribution in [-0.2, 0) is 6.54 Å². The van der Waals surface area contributed by atoms with Crippen LogP contribution in [0.25, 0.3) is 0 Å². The number of nitro groups is 1. The highest BCUT2D eigenvalue weighted by Gasteiger charge is 2.23. The van der Waals surface area contributed by atoms with Gasteiger partial charge in [-0.1, -0.05) is 12.1 Å². The van der Waals surface area contributed by atoms with E-state index < -0.39 is 11.0 Å². The zero-order valence-corrected chi connectivity index (χ0v) is 12.4. The topological polar surface area (TPSA) is 66.6 Å². The molecule has 0 radical (unpaired) electrons. The van der Waals surface area contributed by atoms with E-state index in [1.807, 2.05) is 0 Å². The van der Waals surface area contributed by atoms with Crippen LogP contribution in [0.1, 0.15) is 23.5 Å². The minimum atomic E-state index is -0.759. The number of thiophene rings is 1. The lowest BCUT2D eigenvalue weighted by atomic mass is 10.2. The predicted octanol–water partition coefficient (Wildman–Crippen LogP) is 3.49. The molecule has 1 N–H and O–H groups in total. The maximum atomic E-state index is 13.2. The fourth-order valence-electron chi connectivity index (χ4n) is 1.98. The van der Waals surface area contributed by atoms with E-state index in [1.165, 1.54) is 29.5 Å². The van der Waals surface area contributed by atoms with Crippen LogP contribution < -0.4 is 4.90 Å². The van der Waals surface area contributed by atoms with Gasteiger partial charge in [-0.15, -0.1) is 11.3 Å². The first-order valence-corrected chi connectivity index (χ1v) is 7.12. The molecular weight excluding hydrogens is 295 g/mol. The summed E-state index contributed by atoms with van der Waals surface area (Å²) in [5, 5.41) is 21.1. The number of hydrogen-bond acceptors (Lipinski definition) is 5. The maximum Gasteiger partial charge on any atom is 0.304 e. The third-order valence-corrected chi connectivity index (χ3v) is 4.39. The van der Waals surface area contributed by atoms with Gasteiger partial charge in [-0.2, -0.15) is 0 Å². The van der Waals surface area contributed by atoms with E-state index >= 15 is 0 Å². The number of halogens is 1. The SMILES string of the molecule is CC(O)c1cc([N+](=O)[O-])c(N(C)Cc2cccc(F)c2)s1. The van der Waals surface area contributed by atoms with Crippen LogP contribution in [0.2, 0.25) is 0 Å². The molecule has 1 unspecified atom stereocenters. The van der Waals surface area contributed by atoms with Crippen molar-refractivity contribution < 1.29 is 14.4 Å². The summed E-state index contributed by atoms with van der Waals surface area (Å²) in [6.45, 7) is 1.91. The first-order valence-electron chi connectivity index (χ1n) is 6.30. The smallest absolute Gasteiger partial charge is 0.304 e. The average molecular weight is 310 g/mol. The molecule has 0 saturated carbocycles. The number of aliphatic hydroxyl groups is 1. The first kappa shape index (κ1) is 15.4. The van der Waals surface area contributed by atoms with Crippen molar-refractivity contribution in [3.63, 3.8) is 0 Å². The van der Waals surface area contributed by atoms with Crippen molar-refractivity contribution in [3.8, 4) is 0 Å². The average Bonchev–Trinajstić information content (AvgIpc) is 2.84. The van der Waals surface area contributed by atoms with Crippen LogP contribution in [0.3, 0.4) is 0 Å². The van der Waals surface area contributed by atoms with Crippen molar-refractivity contribution in [2.45, 2.75) is 19.6 Å². The summed E-state index contributed by atoms with van der Waals surface area (Å²) in [7, 11) is 1.70. The van der Waals surface area contributed by atoms with E-state index in [-0.39, 0.29) is 11.5 Å². The molecule has 0 aliphatic carbocycles. The largest absolute Gasteiger partial charge is 0.388 e. The molecule has 0 amide bonds. The fraction of sp³-hybridized carbons (Fsp3) is 0.286. The van der Waals surface area contributed by atoms with Crippen LogP contribution in [0, 0.1) is 15.9 Å². The maximum absolute atomic E-state index is 13.2. The summed E-state index contributed by atoms with van der Waals surface area (Å²) in [6, 6.07) is 7.48. The Hall–Kier alpha value is -1.99. The number of benzene rings is 1. The number of anilines is 1. The van der Waals surface area contributed by atoms with Gasteiger partial charge in [0.05, 0.1) is 11.0 Å². The summed E-state index contributed by atoms with van der Waals surface area (Å²) >= 11 is 1.17. The lowest BCUT2D eigenvalue weighted by Gasteiger charge is -2.16. The molecule has 0 saturated heterocycles. The number of nitrogens with zero attached hydrogens (tertiary/aromatic N) is 2. The molecule has 0 aliphatic heterocycles. The van der Waals surface area contributed by atoms with E-state index in [0.717, 1.165) is 5.56 Å². The monoisotopic (exact) mass is 310 g/mol. The van der Waals surface area contributed by atoms with Crippen molar-refractivity contribution in [3.05, 3.63) is 56.7 Å². The molecule has 1 aromatic carbocycles. The molecule has 1 heterocycles. The Bertz CT molecular complexity index is 657. The van der Waals surface area contributed by atoms with Gasteiger partial charge in [0.15, 0.2) is 5.00 Å². The molecule has 7 heteroatoms. The van der Waals surface area contributed by atoms with Crippen LogP contribution >= 0.6 is 11.3 Å². The van der Waals surface area contributed by atoms with Crippen LogP contribution in [0.4, 0.5) is 15.1 Å². The van der Waals surface area contributed by atoms with E-state index in [9.17, 15) is 19.6 Å². The molecule has 0 fully saturated rings. The minimum Gasteiger partial charge on any atom is -0.388 e. The second-order valence-corrected chi connectivity index (χ2v) is 5.82. The predicted molar refractivity (Wildman–Crippen MR) is 80.1 cm³/mol. The molecule has 1 atom stereocenters. The van der Waals surface area contributed by atoms with Gasteiger partial charge in [0.2, 0.25) is 0 Å². The molecule has 0 spiro atoms. The first-order chi connectivity index (χ1) is 9.88. The Morgan fingerprint density at radius 2 is 2.19 bits per heavy atom. The Morgan fingerprint density at radius 1 is 1.48 bits per heavy atom. The van der Waals surface area contributed by atoms with Crippen LogP contribution in [0.15, 0.2) is 30.3 Å². The van der Waals surface area contributed by atoms with E-state index in [1.54, 1.807) is 31.0 Å². The van der Waals surface area contributed by atoms with Crippen molar-refractivity contribution >= 4 is 22.0 Å². The minimum absolute atomic E-state index is 0.0465. The third kappa shape index (κ3) is 3.56. The van der Waals surface area contributed by atoms with Crippen molar-refractivity contribution in [2.24, 2.45) is 0 Å². The Labute approximate surface area is 125 Å². The van der Waals surface area contributed by atoms with Crippen molar-refractivity contribution in [2.75, 3.05) is 11.9 Å². The Kier molecular flexibility index (Phi) is 4.54. The highest BCUT2D eigenvalue weighted by atomic mass is 32.1. The van der Waals surface area contributed by atoms with Gasteiger partial charge in [0.1, 0.15) is 5.82 Å². The molecule has 112 valence electrons. The number of rotatable bonds is 5. The van der Waals surface area contributed by atoms with Gasteiger partial charge in [-0.05, 0) is 24.6 Å². The quantitative estimate of drug-likeness (QED) is 0.678. The molecule has 21 heavy (non-hydrogen) atoms. The summed E-state index contributed by atoms with van der Waals surface area (Å²) in [6.07, 6.45) is -0.759. The van der Waals surface area contributed by atoms with Crippen molar-refractivity contribution in [1.29, 1.82) is 0 Å². The van der Waals surface area contributed by atoms with E-state index in [2.05, 4.69) is 0 Å². The molecule has 5 nitrogen and oxygen atoms in total. The van der Waals surface area contributed by atoms with E-state index in [4.69, 9.17) is 0 Å². The molecule has 0 bridgehead atoms. The summed E-state index contributed by atoms with van der Waals surface area (Å²) in [5.74, 6) is -0.341. The lowest BCUT2D eigenvalue weighted by Crippen LogP contribution is -2.16. The zero-order valence-electron chi connectivity index (χ0n) is 11.6. The summed E-state index contributed by atoms with van der Waals surface area (Å²) in [5.41, 5.74) is 0.675. The molecule has 2 aromatic rings. The second-order valence-electron chi connectivity index (χ2n) is 4.76. The zero-order chi connectivity index (χ0) is 15.6. The van der Waals surface area contributed by atoms with Crippen molar-refractivity contribution in [1.82, 2.24) is 0 Å². The molecular formula is C14H15FN2O3S. The van der Waals surface area contributed by atoms with E-state index in [0.29, 0.717) is 16.4 Å². The highest BCUT2D eigenvalue weighted by Crippen LogP contribution is 2.40. The molecule has 2 rings (SSSR count). The molecule has 1 aromatic heterocycles. The Morgan fingerprint density at radius 3 is 2.76 bits per heavy atom. The van der Waals surface area contributed by atoms with Crippen LogP contribution in [-0.4, -0.2) is 17.1 Å². The Balaban J connectivity index is 2.29. The number of aliphatic hydroxyl groups excluding tert-OH is 1. The highest BCUT2D eigenvalue weighted by molar-refractivity contribution is 7.16. The van der Waals surface area contributed by atoms with Gasteiger partial charge in [-0.3, -0.25) is 10.1 Å². The van der Waals surface area contributed by atoms with Gasteiger partial charge in [-0.25, -0.2) is 4.39 Å². The second kappa shape index (κ2) is 6.19. The number of hydrogen-bond donors (Lipinski definition) is 1. The normalized spacial score (nSPS) is 12.2.